The lowest BCUT2D eigenvalue weighted by Crippen LogP contribution is -2.41. The Labute approximate surface area is 161 Å². The maximum Gasteiger partial charge on any atom is 0.358 e. The molecule has 2 N–H and O–H groups in total. The number of rotatable bonds is 5. The van der Waals surface area contributed by atoms with E-state index >= 15 is 0 Å². The molecule has 1 aromatic carbocycles. The molecule has 3 heterocycles. The van der Waals surface area contributed by atoms with Crippen LogP contribution in [0.3, 0.4) is 0 Å². The topological polar surface area (TPSA) is 104 Å². The number of aromatic nitrogens is 4. The molecule has 0 unspecified atom stereocenters. The molecular weight excluding hydrogens is 358 g/mol. The van der Waals surface area contributed by atoms with E-state index in [0.717, 1.165) is 24.1 Å². The minimum absolute atomic E-state index is 0.0169. The molecule has 0 bridgehead atoms. The first kappa shape index (κ1) is 18.0. The minimum atomic E-state index is -1.09. The number of piperidine rings is 1. The van der Waals surface area contributed by atoms with Crippen LogP contribution >= 0.6 is 0 Å². The normalized spacial score (nSPS) is 16.9. The molecule has 144 valence electrons. The second-order valence-corrected chi connectivity index (χ2v) is 7.04. The molecule has 0 spiro atoms. The van der Waals surface area contributed by atoms with Gasteiger partial charge < -0.3 is 15.0 Å². The van der Waals surface area contributed by atoms with E-state index in [2.05, 4.69) is 15.3 Å². The second-order valence-electron chi connectivity index (χ2n) is 7.04. The van der Waals surface area contributed by atoms with Crippen LogP contribution < -0.4 is 0 Å². The van der Waals surface area contributed by atoms with Gasteiger partial charge in [-0.15, -0.1) is 5.10 Å². The third-order valence-corrected chi connectivity index (χ3v) is 5.01. The van der Waals surface area contributed by atoms with Crippen molar-refractivity contribution in [2.24, 2.45) is 5.92 Å². The fourth-order valence-electron chi connectivity index (χ4n) is 3.63. The number of aromatic amines is 1. The molecule has 0 radical (unpaired) electrons. The Morgan fingerprint density at radius 2 is 2.00 bits per heavy atom. The summed E-state index contributed by atoms with van der Waals surface area (Å²) >= 11 is 0. The Morgan fingerprint density at radius 3 is 2.75 bits per heavy atom. The van der Waals surface area contributed by atoms with E-state index in [1.807, 2.05) is 47.4 Å². The van der Waals surface area contributed by atoms with E-state index in [1.165, 1.54) is 6.20 Å². The van der Waals surface area contributed by atoms with E-state index in [0.29, 0.717) is 25.3 Å². The van der Waals surface area contributed by atoms with Gasteiger partial charge in [-0.3, -0.25) is 9.48 Å². The van der Waals surface area contributed by atoms with Gasteiger partial charge in [0.25, 0.3) is 5.91 Å². The van der Waals surface area contributed by atoms with Crippen LogP contribution in [0, 0.1) is 5.92 Å². The number of carboxylic acid groups (broad SMARTS) is 1. The Morgan fingerprint density at radius 1 is 1.18 bits per heavy atom. The summed E-state index contributed by atoms with van der Waals surface area (Å²) in [6, 6.07) is 13.6. The highest BCUT2D eigenvalue weighted by Crippen LogP contribution is 2.22. The zero-order valence-corrected chi connectivity index (χ0v) is 15.3. The number of hydrogen-bond acceptors (Lipinski definition) is 4. The van der Waals surface area contributed by atoms with Gasteiger partial charge in [0, 0.05) is 25.3 Å². The molecule has 0 saturated carbocycles. The fraction of sp³-hybridized carbons (Fsp3) is 0.300. The number of likely N-dealkylation sites (tertiary alicyclic amines) is 1. The average Bonchev–Trinajstić information content (AvgIpc) is 3.38. The second kappa shape index (κ2) is 7.67. The Hall–Kier alpha value is -3.42. The van der Waals surface area contributed by atoms with Crippen molar-refractivity contribution in [3.63, 3.8) is 0 Å². The van der Waals surface area contributed by atoms with Gasteiger partial charge in [0.1, 0.15) is 5.69 Å². The van der Waals surface area contributed by atoms with Crippen LogP contribution in [-0.4, -0.2) is 55.0 Å². The van der Waals surface area contributed by atoms with Crippen LogP contribution in [0.2, 0.25) is 0 Å². The van der Waals surface area contributed by atoms with Gasteiger partial charge in [-0.05, 0) is 36.5 Å². The van der Waals surface area contributed by atoms with Crippen LogP contribution in [-0.2, 0) is 6.54 Å². The maximum atomic E-state index is 12.9. The van der Waals surface area contributed by atoms with Crippen molar-refractivity contribution < 1.29 is 14.7 Å². The number of carboxylic acids is 1. The van der Waals surface area contributed by atoms with Crippen molar-refractivity contribution in [3.8, 4) is 11.3 Å². The predicted octanol–water partition coefficient (Wildman–Crippen LogP) is 2.52. The number of amides is 1. The first-order chi connectivity index (χ1) is 13.6. The lowest BCUT2D eigenvalue weighted by molar-refractivity contribution is 0.0653. The summed E-state index contributed by atoms with van der Waals surface area (Å²) in [5.74, 6) is -0.894. The lowest BCUT2D eigenvalue weighted by atomic mass is 9.98. The van der Waals surface area contributed by atoms with Crippen molar-refractivity contribution in [1.29, 1.82) is 0 Å². The van der Waals surface area contributed by atoms with E-state index in [9.17, 15) is 9.59 Å². The fourth-order valence-corrected chi connectivity index (χ4v) is 3.63. The molecule has 1 saturated heterocycles. The van der Waals surface area contributed by atoms with E-state index in [4.69, 9.17) is 5.11 Å². The summed E-state index contributed by atoms with van der Waals surface area (Å²) in [6.07, 6.45) is 3.30. The van der Waals surface area contributed by atoms with Crippen LogP contribution in [0.5, 0.6) is 0 Å². The quantitative estimate of drug-likeness (QED) is 0.709. The number of hydrogen-bond donors (Lipinski definition) is 2. The summed E-state index contributed by atoms with van der Waals surface area (Å²) in [7, 11) is 0. The summed E-state index contributed by atoms with van der Waals surface area (Å²) in [5, 5.41) is 16.5. The number of carbonyl (C=O) groups is 2. The third-order valence-electron chi connectivity index (χ3n) is 5.01. The van der Waals surface area contributed by atoms with Crippen molar-refractivity contribution >= 4 is 11.9 Å². The number of nitrogens with one attached hydrogen (secondary N) is 1. The highest BCUT2D eigenvalue weighted by Gasteiger charge is 2.26. The third kappa shape index (κ3) is 3.80. The zero-order valence-electron chi connectivity index (χ0n) is 15.3. The number of carbonyl (C=O) groups excluding carboxylic acids is 1. The van der Waals surface area contributed by atoms with Gasteiger partial charge in [-0.1, -0.05) is 35.5 Å². The van der Waals surface area contributed by atoms with E-state index < -0.39 is 5.97 Å². The van der Waals surface area contributed by atoms with Crippen LogP contribution in [0.1, 0.15) is 33.8 Å². The Bertz CT molecular complexity index is 979. The zero-order chi connectivity index (χ0) is 19.5. The van der Waals surface area contributed by atoms with E-state index in [-0.39, 0.29) is 17.5 Å². The standard InChI is InChI=1S/C20H21N5O3/c26-19(17-9-8-16(21-17)15-6-2-1-3-7-15)24-10-4-5-14(11-24)12-25-13-18(20(27)28)22-23-25/h1-3,6-9,13-14,21H,4-5,10-12H2,(H,27,28)/t14-/m0/s1. The molecule has 1 amide bonds. The molecule has 0 aliphatic carbocycles. The average molecular weight is 379 g/mol. The van der Waals surface area contributed by atoms with Gasteiger partial charge in [0.05, 0.1) is 6.20 Å². The molecule has 8 nitrogen and oxygen atoms in total. The van der Waals surface area contributed by atoms with E-state index in [1.54, 1.807) is 4.68 Å². The van der Waals surface area contributed by atoms with Gasteiger partial charge in [-0.2, -0.15) is 0 Å². The molecule has 3 aromatic rings. The number of benzene rings is 1. The van der Waals surface area contributed by atoms with Crippen molar-refractivity contribution in [2.45, 2.75) is 19.4 Å². The highest BCUT2D eigenvalue weighted by molar-refractivity contribution is 5.93. The monoisotopic (exact) mass is 379 g/mol. The first-order valence-electron chi connectivity index (χ1n) is 9.27. The number of H-pyrrole nitrogens is 1. The van der Waals surface area contributed by atoms with Gasteiger partial charge in [0.15, 0.2) is 5.69 Å². The van der Waals surface area contributed by atoms with Crippen LogP contribution in [0.15, 0.2) is 48.7 Å². The molecule has 1 aliphatic rings. The molecule has 8 heteroatoms. The summed E-state index contributed by atoms with van der Waals surface area (Å²) in [4.78, 5) is 28.9. The first-order valence-corrected chi connectivity index (χ1v) is 9.27. The predicted molar refractivity (Wildman–Crippen MR) is 102 cm³/mol. The Balaban J connectivity index is 1.42. The molecular formula is C20H21N5O3. The minimum Gasteiger partial charge on any atom is -0.476 e. The van der Waals surface area contributed by atoms with Crippen molar-refractivity contribution in [3.05, 3.63) is 60.0 Å². The summed E-state index contributed by atoms with van der Waals surface area (Å²) in [6.45, 7) is 1.87. The lowest BCUT2D eigenvalue weighted by Gasteiger charge is -2.32. The summed E-state index contributed by atoms with van der Waals surface area (Å²) in [5.41, 5.74) is 2.47. The number of nitrogens with zero attached hydrogens (tertiary/aromatic N) is 4. The Kier molecular flexibility index (Phi) is 4.92. The van der Waals surface area contributed by atoms with Crippen LogP contribution in [0.4, 0.5) is 0 Å². The molecule has 1 aliphatic heterocycles. The highest BCUT2D eigenvalue weighted by atomic mass is 16.4. The number of aromatic carboxylic acids is 1. The molecule has 1 atom stereocenters. The smallest absolute Gasteiger partial charge is 0.358 e. The van der Waals surface area contributed by atoms with Gasteiger partial charge in [-0.25, -0.2) is 4.79 Å². The largest absolute Gasteiger partial charge is 0.476 e. The van der Waals surface area contributed by atoms with Crippen molar-refractivity contribution in [2.75, 3.05) is 13.1 Å². The molecule has 2 aromatic heterocycles. The summed E-state index contributed by atoms with van der Waals surface area (Å²) < 4.78 is 1.55. The SMILES string of the molecule is O=C(O)c1cn(C[C@H]2CCCN(C(=O)c3ccc(-c4ccccc4)[nH]3)C2)nn1. The molecule has 28 heavy (non-hydrogen) atoms. The molecule has 1 fully saturated rings. The van der Waals surface area contributed by atoms with Crippen LogP contribution in [0.25, 0.3) is 11.3 Å². The molecule has 4 rings (SSSR count). The maximum absolute atomic E-state index is 12.9. The van der Waals surface area contributed by atoms with Crippen molar-refractivity contribution in [1.82, 2.24) is 24.9 Å². The van der Waals surface area contributed by atoms with Gasteiger partial charge in [0.2, 0.25) is 0 Å². The van der Waals surface area contributed by atoms with Gasteiger partial charge >= 0.3 is 5.97 Å².